The normalized spacial score (nSPS) is 11.1. The maximum atomic E-state index is 12.1. The molecule has 3 aromatic rings. The van der Waals surface area contributed by atoms with Crippen LogP contribution in [-0.4, -0.2) is 56.8 Å². The van der Waals surface area contributed by atoms with Crippen LogP contribution in [0.1, 0.15) is 21.5 Å². The van der Waals surface area contributed by atoms with Crippen LogP contribution >= 0.6 is 35.7 Å². The van der Waals surface area contributed by atoms with E-state index >= 15 is 0 Å². The molecule has 0 aliphatic heterocycles. The van der Waals surface area contributed by atoms with E-state index in [1.165, 1.54) is 16.3 Å². The van der Waals surface area contributed by atoms with Gasteiger partial charge >= 0.3 is 0 Å². The molecule has 0 bridgehead atoms. The number of rotatable bonds is 9. The van der Waals surface area contributed by atoms with E-state index in [0.29, 0.717) is 0 Å². The summed E-state index contributed by atoms with van der Waals surface area (Å²) in [5.41, 5.74) is 3.23. The molecule has 5 nitrogen and oxygen atoms in total. The highest BCUT2D eigenvalue weighted by Crippen LogP contribution is 2.22. The van der Waals surface area contributed by atoms with Gasteiger partial charge in [0.2, 0.25) is 0 Å². The van der Waals surface area contributed by atoms with Crippen LogP contribution in [0.5, 0.6) is 0 Å². The van der Waals surface area contributed by atoms with Crippen molar-refractivity contribution in [1.82, 2.24) is 15.5 Å². The van der Waals surface area contributed by atoms with Crippen molar-refractivity contribution in [2.75, 3.05) is 40.0 Å². The Morgan fingerprint density at radius 3 is 2.48 bits per heavy atom. The summed E-state index contributed by atoms with van der Waals surface area (Å²) >= 11 is 1.92. The SMILES string of the molecule is CN=C(NCCSCc1cccc2ccccc12)NCCc1cccc(C(=O)N(C)C)c1.I. The van der Waals surface area contributed by atoms with Crippen molar-refractivity contribution in [3.8, 4) is 0 Å². The van der Waals surface area contributed by atoms with Crippen LogP contribution in [0.4, 0.5) is 0 Å². The highest BCUT2D eigenvalue weighted by Gasteiger charge is 2.08. The van der Waals surface area contributed by atoms with Crippen molar-refractivity contribution in [1.29, 1.82) is 0 Å². The second kappa shape index (κ2) is 14.1. The highest BCUT2D eigenvalue weighted by atomic mass is 127. The molecule has 0 unspecified atom stereocenters. The zero-order valence-electron chi connectivity index (χ0n) is 19.5. The fraction of sp³-hybridized carbons (Fsp3) is 0.308. The fourth-order valence-corrected chi connectivity index (χ4v) is 4.37. The minimum atomic E-state index is 0. The molecule has 0 aromatic heterocycles. The van der Waals surface area contributed by atoms with E-state index in [2.05, 4.69) is 58.1 Å². The lowest BCUT2D eigenvalue weighted by atomic mass is 10.1. The van der Waals surface area contributed by atoms with E-state index in [1.54, 1.807) is 26.0 Å². The zero-order valence-corrected chi connectivity index (χ0v) is 22.7. The molecule has 0 radical (unpaired) electrons. The Morgan fingerprint density at radius 1 is 0.970 bits per heavy atom. The number of nitrogens with one attached hydrogen (secondary N) is 2. The second-order valence-electron chi connectivity index (χ2n) is 7.77. The number of fused-ring (bicyclic) bond motifs is 1. The van der Waals surface area contributed by atoms with Gasteiger partial charge in [0.15, 0.2) is 5.96 Å². The van der Waals surface area contributed by atoms with E-state index in [4.69, 9.17) is 0 Å². The van der Waals surface area contributed by atoms with Crippen LogP contribution in [0.2, 0.25) is 0 Å². The summed E-state index contributed by atoms with van der Waals surface area (Å²) < 4.78 is 0. The van der Waals surface area contributed by atoms with Gasteiger partial charge in [0.25, 0.3) is 5.91 Å². The Kier molecular flexibility index (Phi) is 11.5. The van der Waals surface area contributed by atoms with Crippen molar-refractivity contribution in [3.05, 3.63) is 83.4 Å². The number of hydrogen-bond acceptors (Lipinski definition) is 3. The van der Waals surface area contributed by atoms with Gasteiger partial charge in [0, 0.05) is 51.3 Å². The van der Waals surface area contributed by atoms with Crippen LogP contribution < -0.4 is 10.6 Å². The Bertz CT molecular complexity index is 1070. The molecule has 0 fully saturated rings. The molecule has 7 heteroatoms. The smallest absolute Gasteiger partial charge is 0.253 e. The third-order valence-electron chi connectivity index (χ3n) is 5.19. The first kappa shape index (κ1) is 27.0. The summed E-state index contributed by atoms with van der Waals surface area (Å²) in [5.74, 6) is 2.82. The predicted octanol–water partition coefficient (Wildman–Crippen LogP) is 4.80. The third kappa shape index (κ3) is 8.23. The quantitative estimate of drug-likeness (QED) is 0.166. The third-order valence-corrected chi connectivity index (χ3v) is 6.19. The number of carbonyl (C=O) groups is 1. The van der Waals surface area contributed by atoms with Gasteiger partial charge in [-0.05, 0) is 40.5 Å². The largest absolute Gasteiger partial charge is 0.356 e. The number of hydrogen-bond donors (Lipinski definition) is 2. The molecule has 33 heavy (non-hydrogen) atoms. The van der Waals surface area contributed by atoms with E-state index in [9.17, 15) is 4.79 Å². The Hall–Kier alpha value is -2.26. The Labute approximate surface area is 218 Å². The molecule has 0 heterocycles. The number of benzene rings is 3. The maximum absolute atomic E-state index is 12.1. The van der Waals surface area contributed by atoms with Crippen LogP contribution in [0.3, 0.4) is 0 Å². The first-order valence-corrected chi connectivity index (χ1v) is 12.0. The fourth-order valence-electron chi connectivity index (χ4n) is 3.51. The summed E-state index contributed by atoms with van der Waals surface area (Å²) in [6.07, 6.45) is 0.824. The van der Waals surface area contributed by atoms with E-state index in [1.807, 2.05) is 36.0 Å². The number of amides is 1. The number of aliphatic imine (C=N–C) groups is 1. The first-order valence-electron chi connectivity index (χ1n) is 10.9. The maximum Gasteiger partial charge on any atom is 0.253 e. The van der Waals surface area contributed by atoms with E-state index < -0.39 is 0 Å². The van der Waals surface area contributed by atoms with Gasteiger partial charge in [0.1, 0.15) is 0 Å². The molecular formula is C26H33IN4OS. The topological polar surface area (TPSA) is 56.7 Å². The standard InChI is InChI=1S/C26H32N4OS.HI/c1-27-26(28-15-14-20-8-6-11-22(18-20)25(31)30(2)3)29-16-17-32-19-23-12-7-10-21-9-4-5-13-24(21)23;/h4-13,18H,14-17,19H2,1-3H3,(H2,27,28,29);1H. The lowest BCUT2D eigenvalue weighted by molar-refractivity contribution is 0.0827. The molecule has 0 saturated carbocycles. The van der Waals surface area contributed by atoms with E-state index in [0.717, 1.165) is 48.1 Å². The van der Waals surface area contributed by atoms with Gasteiger partial charge in [-0.15, -0.1) is 24.0 Å². The van der Waals surface area contributed by atoms with E-state index in [-0.39, 0.29) is 29.9 Å². The van der Waals surface area contributed by atoms with Crippen LogP contribution in [0.15, 0.2) is 71.7 Å². The number of guanidine groups is 1. The number of halogens is 1. The average molecular weight is 577 g/mol. The monoisotopic (exact) mass is 576 g/mol. The first-order chi connectivity index (χ1) is 15.6. The molecular weight excluding hydrogens is 543 g/mol. The second-order valence-corrected chi connectivity index (χ2v) is 8.87. The molecule has 2 N–H and O–H groups in total. The van der Waals surface area contributed by atoms with Gasteiger partial charge in [-0.1, -0.05) is 54.6 Å². The Morgan fingerprint density at radius 2 is 1.70 bits per heavy atom. The molecule has 0 saturated heterocycles. The minimum Gasteiger partial charge on any atom is -0.356 e. The van der Waals surface area contributed by atoms with Crippen molar-refractivity contribution in [3.63, 3.8) is 0 Å². The molecule has 0 aliphatic rings. The van der Waals surface area contributed by atoms with Crippen molar-refractivity contribution in [2.24, 2.45) is 4.99 Å². The predicted molar refractivity (Wildman–Crippen MR) is 153 cm³/mol. The molecule has 0 atom stereocenters. The zero-order chi connectivity index (χ0) is 22.8. The van der Waals surface area contributed by atoms with Gasteiger partial charge in [-0.2, -0.15) is 11.8 Å². The van der Waals surface area contributed by atoms with Crippen molar-refractivity contribution in [2.45, 2.75) is 12.2 Å². The highest BCUT2D eigenvalue weighted by molar-refractivity contribution is 14.0. The molecule has 176 valence electrons. The summed E-state index contributed by atoms with van der Waals surface area (Å²) in [4.78, 5) is 18.0. The molecule has 1 amide bonds. The summed E-state index contributed by atoms with van der Waals surface area (Å²) in [7, 11) is 5.33. The van der Waals surface area contributed by atoms with Crippen LogP contribution in [0, 0.1) is 0 Å². The number of nitrogens with zero attached hydrogens (tertiary/aromatic N) is 2. The van der Waals surface area contributed by atoms with Gasteiger partial charge in [-0.3, -0.25) is 9.79 Å². The number of carbonyl (C=O) groups excluding carboxylic acids is 1. The van der Waals surface area contributed by atoms with Gasteiger partial charge < -0.3 is 15.5 Å². The summed E-state index contributed by atoms with van der Waals surface area (Å²) in [5, 5.41) is 9.37. The molecule has 3 aromatic carbocycles. The molecule has 3 rings (SSSR count). The summed E-state index contributed by atoms with van der Waals surface area (Å²) in [6.45, 7) is 1.60. The van der Waals surface area contributed by atoms with Crippen molar-refractivity contribution < 1.29 is 4.79 Å². The van der Waals surface area contributed by atoms with Gasteiger partial charge in [0.05, 0.1) is 0 Å². The number of thioether (sulfide) groups is 1. The Balaban J connectivity index is 0.00000385. The van der Waals surface area contributed by atoms with Crippen LogP contribution in [-0.2, 0) is 12.2 Å². The average Bonchev–Trinajstić information content (AvgIpc) is 2.82. The molecule has 0 spiro atoms. The lowest BCUT2D eigenvalue weighted by Gasteiger charge is -2.13. The molecule has 0 aliphatic carbocycles. The summed E-state index contributed by atoms with van der Waals surface area (Å²) in [6, 6.07) is 22.9. The van der Waals surface area contributed by atoms with Gasteiger partial charge in [-0.25, -0.2) is 0 Å². The van der Waals surface area contributed by atoms with Crippen molar-refractivity contribution >= 4 is 58.4 Å². The van der Waals surface area contributed by atoms with Crippen LogP contribution in [0.25, 0.3) is 10.8 Å². The lowest BCUT2D eigenvalue weighted by Crippen LogP contribution is -2.39. The minimum absolute atomic E-state index is 0.